The Kier molecular flexibility index (Phi) is 2.88. The Bertz CT molecular complexity index is 615. The standard InChI is InChI=1S/C9H8N4O3S/c14-7-2-1-3-8(6-7)17(15,16)13-9-10-4-5-11-12-9/h1-6,14H,(H,10,12,13). The second-order valence-corrected chi connectivity index (χ2v) is 4.75. The maximum atomic E-state index is 11.8. The van der Waals surface area contributed by atoms with Crippen LogP contribution in [-0.4, -0.2) is 28.7 Å². The smallest absolute Gasteiger partial charge is 0.264 e. The molecule has 0 aliphatic heterocycles. The zero-order valence-electron chi connectivity index (χ0n) is 8.48. The van der Waals surface area contributed by atoms with E-state index in [1.807, 2.05) is 0 Å². The van der Waals surface area contributed by atoms with Crippen molar-refractivity contribution >= 4 is 16.0 Å². The predicted octanol–water partition coefficient (Wildman–Crippen LogP) is 0.378. The molecule has 2 N–H and O–H groups in total. The van der Waals surface area contributed by atoms with E-state index in [2.05, 4.69) is 19.9 Å². The number of hydrogen-bond acceptors (Lipinski definition) is 6. The van der Waals surface area contributed by atoms with E-state index in [0.29, 0.717) is 0 Å². The fourth-order valence-corrected chi connectivity index (χ4v) is 2.11. The van der Waals surface area contributed by atoms with Crippen LogP contribution in [0.25, 0.3) is 0 Å². The van der Waals surface area contributed by atoms with Gasteiger partial charge in [0.15, 0.2) is 0 Å². The van der Waals surface area contributed by atoms with Crippen LogP contribution in [0, 0.1) is 0 Å². The SMILES string of the molecule is O=S(=O)(Nc1nccnn1)c1cccc(O)c1. The van der Waals surface area contributed by atoms with Crippen LogP contribution in [0.2, 0.25) is 0 Å². The van der Waals surface area contributed by atoms with Gasteiger partial charge in [0, 0.05) is 6.07 Å². The van der Waals surface area contributed by atoms with Crippen molar-refractivity contribution < 1.29 is 13.5 Å². The number of phenolic OH excluding ortho intramolecular Hbond substituents is 1. The summed E-state index contributed by atoms with van der Waals surface area (Å²) in [6.07, 6.45) is 2.64. The van der Waals surface area contributed by atoms with Gasteiger partial charge < -0.3 is 5.11 Å². The highest BCUT2D eigenvalue weighted by Crippen LogP contribution is 2.17. The molecule has 0 fully saturated rings. The van der Waals surface area contributed by atoms with Crippen molar-refractivity contribution in [1.29, 1.82) is 0 Å². The Labute approximate surface area is 97.2 Å². The highest BCUT2D eigenvalue weighted by molar-refractivity contribution is 7.92. The van der Waals surface area contributed by atoms with Crippen LogP contribution in [0.5, 0.6) is 5.75 Å². The number of aromatic nitrogens is 3. The first-order valence-corrected chi connectivity index (χ1v) is 6.02. The van der Waals surface area contributed by atoms with Gasteiger partial charge in [0.2, 0.25) is 0 Å². The molecule has 0 saturated carbocycles. The molecule has 0 radical (unpaired) electrons. The van der Waals surface area contributed by atoms with Crippen molar-refractivity contribution in [2.75, 3.05) is 4.72 Å². The topological polar surface area (TPSA) is 105 Å². The minimum Gasteiger partial charge on any atom is -0.508 e. The number of anilines is 1. The number of nitrogens with one attached hydrogen (secondary N) is 1. The van der Waals surface area contributed by atoms with Crippen LogP contribution in [0.4, 0.5) is 5.95 Å². The van der Waals surface area contributed by atoms with E-state index in [1.165, 1.54) is 30.6 Å². The third kappa shape index (κ3) is 2.67. The fraction of sp³-hybridized carbons (Fsp3) is 0. The summed E-state index contributed by atoms with van der Waals surface area (Å²) in [6.45, 7) is 0. The van der Waals surface area contributed by atoms with Gasteiger partial charge in [-0.1, -0.05) is 6.07 Å². The highest BCUT2D eigenvalue weighted by atomic mass is 32.2. The minimum atomic E-state index is -3.81. The number of benzene rings is 1. The molecule has 0 aliphatic carbocycles. The summed E-state index contributed by atoms with van der Waals surface area (Å²) in [5, 5.41) is 16.2. The van der Waals surface area contributed by atoms with Gasteiger partial charge in [-0.05, 0) is 12.1 Å². The van der Waals surface area contributed by atoms with Gasteiger partial charge in [-0.2, -0.15) is 5.10 Å². The molecule has 1 aromatic carbocycles. The van der Waals surface area contributed by atoms with E-state index in [9.17, 15) is 13.5 Å². The van der Waals surface area contributed by atoms with Gasteiger partial charge in [0.1, 0.15) is 5.75 Å². The predicted molar refractivity (Wildman–Crippen MR) is 58.7 cm³/mol. The number of sulfonamides is 1. The van der Waals surface area contributed by atoms with E-state index in [4.69, 9.17) is 0 Å². The lowest BCUT2D eigenvalue weighted by molar-refractivity contribution is 0.473. The second kappa shape index (κ2) is 4.34. The maximum absolute atomic E-state index is 11.8. The molecular formula is C9H8N4O3S. The molecule has 0 atom stereocenters. The van der Waals surface area contributed by atoms with Gasteiger partial charge >= 0.3 is 0 Å². The lowest BCUT2D eigenvalue weighted by Gasteiger charge is -2.05. The van der Waals surface area contributed by atoms with E-state index in [-0.39, 0.29) is 16.6 Å². The molecule has 0 amide bonds. The summed E-state index contributed by atoms with van der Waals surface area (Å²) in [4.78, 5) is 3.61. The van der Waals surface area contributed by atoms with Crippen LogP contribution >= 0.6 is 0 Å². The average molecular weight is 252 g/mol. The molecule has 2 aromatic rings. The Balaban J connectivity index is 2.32. The molecule has 0 bridgehead atoms. The lowest BCUT2D eigenvalue weighted by atomic mass is 10.3. The zero-order chi connectivity index (χ0) is 12.3. The van der Waals surface area contributed by atoms with E-state index in [1.54, 1.807) is 0 Å². The summed E-state index contributed by atoms with van der Waals surface area (Å²) >= 11 is 0. The van der Waals surface area contributed by atoms with Gasteiger partial charge in [-0.25, -0.2) is 18.1 Å². The van der Waals surface area contributed by atoms with Gasteiger partial charge in [0.05, 0.1) is 17.3 Å². The number of aromatic hydroxyl groups is 1. The first-order chi connectivity index (χ1) is 8.08. The number of hydrogen-bond donors (Lipinski definition) is 2. The normalized spacial score (nSPS) is 11.1. The molecule has 7 nitrogen and oxygen atoms in total. The van der Waals surface area contributed by atoms with Crippen LogP contribution in [0.1, 0.15) is 0 Å². The Hall–Kier alpha value is -2.22. The molecule has 0 saturated heterocycles. The van der Waals surface area contributed by atoms with E-state index in [0.717, 1.165) is 6.07 Å². The monoisotopic (exact) mass is 252 g/mol. The number of rotatable bonds is 3. The molecule has 8 heteroatoms. The summed E-state index contributed by atoms with van der Waals surface area (Å²) in [5.41, 5.74) is 0. The molecule has 88 valence electrons. The fourth-order valence-electron chi connectivity index (χ4n) is 1.12. The first-order valence-electron chi connectivity index (χ1n) is 4.53. The van der Waals surface area contributed by atoms with Crippen LogP contribution in [0.3, 0.4) is 0 Å². The van der Waals surface area contributed by atoms with Crippen molar-refractivity contribution in [3.05, 3.63) is 36.7 Å². The third-order valence-electron chi connectivity index (χ3n) is 1.84. The Morgan fingerprint density at radius 2 is 2.06 bits per heavy atom. The molecule has 0 aliphatic rings. The molecule has 1 aromatic heterocycles. The van der Waals surface area contributed by atoms with Crippen molar-refractivity contribution in [3.63, 3.8) is 0 Å². The van der Waals surface area contributed by atoms with Crippen molar-refractivity contribution in [3.8, 4) is 5.75 Å². The van der Waals surface area contributed by atoms with Crippen molar-refractivity contribution in [2.45, 2.75) is 4.90 Å². The summed E-state index contributed by atoms with van der Waals surface area (Å²) in [6, 6.07) is 5.27. The van der Waals surface area contributed by atoms with Gasteiger partial charge in [-0.3, -0.25) is 0 Å². The van der Waals surface area contributed by atoms with Crippen molar-refractivity contribution in [1.82, 2.24) is 15.2 Å². The van der Waals surface area contributed by atoms with Gasteiger partial charge in [0.25, 0.3) is 16.0 Å². The van der Waals surface area contributed by atoms with Crippen LogP contribution in [0.15, 0.2) is 41.6 Å². The second-order valence-electron chi connectivity index (χ2n) is 3.07. The van der Waals surface area contributed by atoms with Crippen LogP contribution in [-0.2, 0) is 10.0 Å². The molecule has 0 unspecified atom stereocenters. The van der Waals surface area contributed by atoms with Crippen LogP contribution < -0.4 is 4.72 Å². The summed E-state index contributed by atoms with van der Waals surface area (Å²) in [7, 11) is -3.81. The third-order valence-corrected chi connectivity index (χ3v) is 3.16. The molecule has 2 rings (SSSR count). The Morgan fingerprint density at radius 1 is 1.24 bits per heavy atom. The number of phenols is 1. The highest BCUT2D eigenvalue weighted by Gasteiger charge is 2.15. The lowest BCUT2D eigenvalue weighted by Crippen LogP contribution is -2.15. The molecule has 0 spiro atoms. The molecular weight excluding hydrogens is 244 g/mol. The first kappa shape index (κ1) is 11.3. The summed E-state index contributed by atoms with van der Waals surface area (Å²) < 4.78 is 25.8. The van der Waals surface area contributed by atoms with E-state index < -0.39 is 10.0 Å². The minimum absolute atomic E-state index is 0.0787. The number of nitrogens with zero attached hydrogens (tertiary/aromatic N) is 3. The van der Waals surface area contributed by atoms with Crippen molar-refractivity contribution in [2.24, 2.45) is 0 Å². The zero-order valence-corrected chi connectivity index (χ0v) is 9.29. The van der Waals surface area contributed by atoms with Gasteiger partial charge in [-0.15, -0.1) is 5.10 Å². The molecule has 17 heavy (non-hydrogen) atoms. The van der Waals surface area contributed by atoms with E-state index >= 15 is 0 Å². The summed E-state index contributed by atoms with van der Waals surface area (Å²) in [5.74, 6) is -0.268. The maximum Gasteiger partial charge on any atom is 0.264 e. The molecule has 1 heterocycles. The quantitative estimate of drug-likeness (QED) is 0.818. The largest absolute Gasteiger partial charge is 0.508 e. The Morgan fingerprint density at radius 3 is 2.71 bits per heavy atom. The average Bonchev–Trinajstić information content (AvgIpc) is 2.30.